The number of carbonyl (C=O) groups is 1. The zero-order valence-corrected chi connectivity index (χ0v) is 6.44. The SMILES string of the molecule is O=C1NCC[C@]12CNCCN2. The van der Waals surface area contributed by atoms with Gasteiger partial charge in [0.25, 0.3) is 0 Å². The fourth-order valence-corrected chi connectivity index (χ4v) is 1.76. The van der Waals surface area contributed by atoms with Crippen LogP contribution in [0.5, 0.6) is 0 Å². The summed E-state index contributed by atoms with van der Waals surface area (Å²) in [7, 11) is 0. The monoisotopic (exact) mass is 155 g/mol. The number of piperazine rings is 1. The van der Waals surface area contributed by atoms with Crippen molar-refractivity contribution in [3.05, 3.63) is 0 Å². The fraction of sp³-hybridized carbons (Fsp3) is 0.857. The van der Waals surface area contributed by atoms with Gasteiger partial charge < -0.3 is 16.0 Å². The average Bonchev–Trinajstić information content (AvgIpc) is 2.36. The van der Waals surface area contributed by atoms with E-state index in [1.54, 1.807) is 0 Å². The second kappa shape index (κ2) is 2.46. The Hall–Kier alpha value is -0.610. The van der Waals surface area contributed by atoms with E-state index in [4.69, 9.17) is 0 Å². The van der Waals surface area contributed by atoms with Gasteiger partial charge in [-0.3, -0.25) is 4.79 Å². The third-order valence-corrected chi connectivity index (χ3v) is 2.46. The summed E-state index contributed by atoms with van der Waals surface area (Å²) in [4.78, 5) is 11.3. The molecular weight excluding hydrogens is 142 g/mol. The van der Waals surface area contributed by atoms with E-state index in [1.165, 1.54) is 0 Å². The molecule has 2 saturated heterocycles. The molecule has 0 saturated carbocycles. The van der Waals surface area contributed by atoms with Crippen LogP contribution in [0, 0.1) is 0 Å². The number of carbonyl (C=O) groups excluding carboxylic acids is 1. The molecule has 4 nitrogen and oxygen atoms in total. The number of rotatable bonds is 0. The molecule has 2 heterocycles. The van der Waals surface area contributed by atoms with Crippen molar-refractivity contribution in [2.75, 3.05) is 26.2 Å². The van der Waals surface area contributed by atoms with E-state index < -0.39 is 0 Å². The first kappa shape index (κ1) is 7.06. The summed E-state index contributed by atoms with van der Waals surface area (Å²) in [5.74, 6) is 0.157. The van der Waals surface area contributed by atoms with Gasteiger partial charge >= 0.3 is 0 Å². The molecule has 11 heavy (non-hydrogen) atoms. The minimum Gasteiger partial charge on any atom is -0.354 e. The number of nitrogens with one attached hydrogen (secondary N) is 3. The molecule has 3 N–H and O–H groups in total. The van der Waals surface area contributed by atoms with E-state index >= 15 is 0 Å². The molecule has 0 aromatic heterocycles. The van der Waals surface area contributed by atoms with Crippen LogP contribution in [0.3, 0.4) is 0 Å². The molecule has 2 aliphatic rings. The molecule has 0 unspecified atom stereocenters. The molecule has 2 aliphatic heterocycles. The van der Waals surface area contributed by atoms with Gasteiger partial charge in [0, 0.05) is 26.2 Å². The Balaban J connectivity index is 2.12. The lowest BCUT2D eigenvalue weighted by atomic mass is 9.96. The molecule has 1 amide bonds. The van der Waals surface area contributed by atoms with E-state index in [-0.39, 0.29) is 11.4 Å². The Morgan fingerprint density at radius 3 is 2.73 bits per heavy atom. The highest BCUT2D eigenvalue weighted by molar-refractivity contribution is 5.88. The van der Waals surface area contributed by atoms with E-state index in [9.17, 15) is 4.79 Å². The van der Waals surface area contributed by atoms with Crippen LogP contribution in [0.4, 0.5) is 0 Å². The van der Waals surface area contributed by atoms with Gasteiger partial charge in [-0.15, -0.1) is 0 Å². The zero-order chi connectivity index (χ0) is 7.73. The Morgan fingerprint density at radius 2 is 2.18 bits per heavy atom. The summed E-state index contributed by atoms with van der Waals surface area (Å²) in [6, 6.07) is 0. The Bertz CT molecular complexity index is 175. The van der Waals surface area contributed by atoms with Crippen molar-refractivity contribution in [2.45, 2.75) is 12.0 Å². The number of hydrogen-bond donors (Lipinski definition) is 3. The van der Waals surface area contributed by atoms with Crippen LogP contribution in [0.1, 0.15) is 6.42 Å². The zero-order valence-electron chi connectivity index (χ0n) is 6.44. The van der Waals surface area contributed by atoms with Crippen LogP contribution in [-0.4, -0.2) is 37.6 Å². The first-order chi connectivity index (χ1) is 5.33. The summed E-state index contributed by atoms with van der Waals surface area (Å²) in [5, 5.41) is 9.33. The molecule has 2 fully saturated rings. The van der Waals surface area contributed by atoms with Crippen molar-refractivity contribution in [3.8, 4) is 0 Å². The molecule has 0 aromatic rings. The van der Waals surface area contributed by atoms with Crippen molar-refractivity contribution in [3.63, 3.8) is 0 Å². The summed E-state index contributed by atoms with van der Waals surface area (Å²) < 4.78 is 0. The number of amides is 1. The second-order valence-electron chi connectivity index (χ2n) is 3.19. The third kappa shape index (κ3) is 1.02. The minimum absolute atomic E-state index is 0.157. The quantitative estimate of drug-likeness (QED) is 0.396. The average molecular weight is 155 g/mol. The van der Waals surface area contributed by atoms with E-state index in [2.05, 4.69) is 16.0 Å². The molecule has 62 valence electrons. The van der Waals surface area contributed by atoms with Crippen molar-refractivity contribution < 1.29 is 4.79 Å². The smallest absolute Gasteiger partial charge is 0.241 e. The van der Waals surface area contributed by atoms with Gasteiger partial charge in [-0.1, -0.05) is 0 Å². The van der Waals surface area contributed by atoms with E-state index in [0.29, 0.717) is 0 Å². The van der Waals surface area contributed by atoms with Gasteiger partial charge in [0.1, 0.15) is 5.54 Å². The molecule has 1 spiro atoms. The summed E-state index contributed by atoms with van der Waals surface area (Å²) >= 11 is 0. The number of hydrogen-bond acceptors (Lipinski definition) is 3. The van der Waals surface area contributed by atoms with Crippen LogP contribution < -0.4 is 16.0 Å². The Labute approximate surface area is 65.7 Å². The normalized spacial score (nSPS) is 37.6. The maximum absolute atomic E-state index is 11.3. The molecule has 0 bridgehead atoms. The lowest BCUT2D eigenvalue weighted by molar-refractivity contribution is -0.125. The topological polar surface area (TPSA) is 53.2 Å². The van der Waals surface area contributed by atoms with Crippen molar-refractivity contribution in [1.29, 1.82) is 0 Å². The van der Waals surface area contributed by atoms with Gasteiger partial charge in [0.2, 0.25) is 5.91 Å². The van der Waals surface area contributed by atoms with Crippen molar-refractivity contribution >= 4 is 5.91 Å². The van der Waals surface area contributed by atoms with Gasteiger partial charge in [-0.05, 0) is 6.42 Å². The van der Waals surface area contributed by atoms with E-state index in [0.717, 1.165) is 32.6 Å². The van der Waals surface area contributed by atoms with Crippen molar-refractivity contribution in [2.24, 2.45) is 0 Å². The Morgan fingerprint density at radius 1 is 1.27 bits per heavy atom. The molecular formula is C7H13N3O. The lowest BCUT2D eigenvalue weighted by Gasteiger charge is -2.32. The highest BCUT2D eigenvalue weighted by Gasteiger charge is 2.42. The van der Waals surface area contributed by atoms with Gasteiger partial charge in [0.05, 0.1) is 0 Å². The first-order valence-corrected chi connectivity index (χ1v) is 4.08. The van der Waals surface area contributed by atoms with Crippen LogP contribution in [0.2, 0.25) is 0 Å². The highest BCUT2D eigenvalue weighted by Crippen LogP contribution is 2.16. The minimum atomic E-state index is -0.280. The predicted octanol–water partition coefficient (Wildman–Crippen LogP) is -1.56. The highest BCUT2D eigenvalue weighted by atomic mass is 16.2. The summed E-state index contributed by atoms with van der Waals surface area (Å²) in [5.41, 5.74) is -0.280. The molecule has 2 rings (SSSR count). The van der Waals surface area contributed by atoms with Crippen LogP contribution in [-0.2, 0) is 4.79 Å². The van der Waals surface area contributed by atoms with Crippen molar-refractivity contribution in [1.82, 2.24) is 16.0 Å². The van der Waals surface area contributed by atoms with Gasteiger partial charge in [-0.25, -0.2) is 0 Å². The summed E-state index contributed by atoms with van der Waals surface area (Å²) in [6.45, 7) is 3.45. The van der Waals surface area contributed by atoms with Gasteiger partial charge in [0.15, 0.2) is 0 Å². The van der Waals surface area contributed by atoms with Crippen LogP contribution >= 0.6 is 0 Å². The molecule has 0 radical (unpaired) electrons. The fourth-order valence-electron chi connectivity index (χ4n) is 1.76. The largest absolute Gasteiger partial charge is 0.354 e. The lowest BCUT2D eigenvalue weighted by Crippen LogP contribution is -2.62. The molecule has 1 atom stereocenters. The molecule has 0 aliphatic carbocycles. The standard InChI is InChI=1S/C7H13N3O/c11-6-7(1-2-9-6)5-8-3-4-10-7/h8,10H,1-5H2,(H,9,11)/t7-/m0/s1. The van der Waals surface area contributed by atoms with E-state index in [1.807, 2.05) is 0 Å². The first-order valence-electron chi connectivity index (χ1n) is 4.08. The Kier molecular flexibility index (Phi) is 1.58. The summed E-state index contributed by atoms with van der Waals surface area (Å²) in [6.07, 6.45) is 0.916. The second-order valence-corrected chi connectivity index (χ2v) is 3.19. The molecule has 0 aromatic carbocycles. The molecule has 4 heteroatoms. The third-order valence-electron chi connectivity index (χ3n) is 2.46. The van der Waals surface area contributed by atoms with Gasteiger partial charge in [-0.2, -0.15) is 0 Å². The predicted molar refractivity (Wildman–Crippen MR) is 41.2 cm³/mol. The maximum Gasteiger partial charge on any atom is 0.241 e. The van der Waals surface area contributed by atoms with Crippen LogP contribution in [0.15, 0.2) is 0 Å². The van der Waals surface area contributed by atoms with Crippen LogP contribution in [0.25, 0.3) is 0 Å². The maximum atomic E-state index is 11.3.